The molecule has 1 aromatic heterocycles. The Labute approximate surface area is 157 Å². The number of aromatic nitrogens is 2. The normalized spacial score (nSPS) is 11.2. The number of ether oxygens (including phenoxy) is 1. The number of benzene rings is 2. The van der Waals surface area contributed by atoms with Gasteiger partial charge < -0.3 is 4.74 Å². The molecule has 0 bridgehead atoms. The highest BCUT2D eigenvalue weighted by Gasteiger charge is 2.10. The Morgan fingerprint density at radius 2 is 1.96 bits per heavy atom. The molecule has 3 rings (SSSR count). The third kappa shape index (κ3) is 4.70. The molecule has 0 saturated heterocycles. The molecular formula is C21H20N4O2. The Morgan fingerprint density at radius 3 is 2.74 bits per heavy atom. The highest BCUT2D eigenvalue weighted by molar-refractivity contribution is 5.94. The number of hydrogen-bond donors (Lipinski definition) is 2. The van der Waals surface area contributed by atoms with Crippen molar-refractivity contribution >= 4 is 18.2 Å². The van der Waals surface area contributed by atoms with Gasteiger partial charge in [-0.25, -0.2) is 5.43 Å². The third-order valence-corrected chi connectivity index (χ3v) is 3.91. The number of aromatic amines is 1. The molecule has 0 aliphatic heterocycles. The van der Waals surface area contributed by atoms with Crippen molar-refractivity contribution in [1.82, 2.24) is 15.6 Å². The van der Waals surface area contributed by atoms with Crippen molar-refractivity contribution in [2.75, 3.05) is 7.11 Å². The summed E-state index contributed by atoms with van der Waals surface area (Å²) in [6.45, 7) is 2.02. The second-order valence-corrected chi connectivity index (χ2v) is 5.85. The number of nitrogens with zero attached hydrogens (tertiary/aromatic N) is 2. The number of amides is 1. The zero-order valence-corrected chi connectivity index (χ0v) is 15.1. The van der Waals surface area contributed by atoms with Crippen LogP contribution in [-0.2, 0) is 0 Å². The molecule has 6 nitrogen and oxygen atoms in total. The molecule has 3 aromatic rings. The molecule has 0 unspecified atom stereocenters. The van der Waals surface area contributed by atoms with Gasteiger partial charge in [-0.1, -0.05) is 48.0 Å². The first-order valence-corrected chi connectivity index (χ1v) is 8.43. The summed E-state index contributed by atoms with van der Waals surface area (Å²) < 4.78 is 5.27. The number of carbonyl (C=O) groups excluding carboxylic acids is 1. The molecule has 0 spiro atoms. The number of rotatable bonds is 6. The minimum Gasteiger partial charge on any atom is -0.496 e. The summed E-state index contributed by atoms with van der Waals surface area (Å²) in [6, 6.07) is 17.3. The van der Waals surface area contributed by atoms with Crippen LogP contribution in [0.25, 0.3) is 17.3 Å². The van der Waals surface area contributed by atoms with Crippen LogP contribution >= 0.6 is 0 Å². The zero-order valence-electron chi connectivity index (χ0n) is 15.1. The van der Waals surface area contributed by atoms with Crippen molar-refractivity contribution in [1.29, 1.82) is 0 Å². The van der Waals surface area contributed by atoms with Gasteiger partial charge in [0.1, 0.15) is 11.4 Å². The van der Waals surface area contributed by atoms with E-state index in [9.17, 15) is 4.79 Å². The number of carbonyl (C=O) groups is 1. The Kier molecular flexibility index (Phi) is 5.79. The molecule has 0 radical (unpaired) electrons. The van der Waals surface area contributed by atoms with Gasteiger partial charge in [0.05, 0.1) is 12.8 Å². The standard InChI is InChI=1S/C21H20N4O2/c1-15-9-11-16(12-10-15)18-14-19(24-23-18)21(26)25-22-13-5-7-17-6-3-4-8-20(17)27-2/h3-14H,1-2H3,(H,23,24)(H,25,26)/b7-5+,22-13+. The number of aryl methyl sites for hydroxylation is 1. The molecule has 1 heterocycles. The summed E-state index contributed by atoms with van der Waals surface area (Å²) in [5.74, 6) is 0.412. The zero-order chi connectivity index (χ0) is 19.1. The van der Waals surface area contributed by atoms with Crippen LogP contribution in [0.2, 0.25) is 0 Å². The maximum Gasteiger partial charge on any atom is 0.289 e. The van der Waals surface area contributed by atoms with Gasteiger partial charge in [0.2, 0.25) is 0 Å². The summed E-state index contributed by atoms with van der Waals surface area (Å²) >= 11 is 0. The topological polar surface area (TPSA) is 79.4 Å². The van der Waals surface area contributed by atoms with E-state index in [1.54, 1.807) is 19.3 Å². The van der Waals surface area contributed by atoms with Crippen LogP contribution in [0.4, 0.5) is 0 Å². The molecule has 0 aliphatic carbocycles. The molecule has 6 heteroatoms. The molecule has 136 valence electrons. The fourth-order valence-corrected chi connectivity index (χ4v) is 2.46. The van der Waals surface area contributed by atoms with Gasteiger partial charge in [0, 0.05) is 17.3 Å². The van der Waals surface area contributed by atoms with Gasteiger partial charge in [0.15, 0.2) is 0 Å². The molecular weight excluding hydrogens is 340 g/mol. The Hall–Kier alpha value is -3.67. The Morgan fingerprint density at radius 1 is 1.19 bits per heavy atom. The van der Waals surface area contributed by atoms with Crippen molar-refractivity contribution in [3.05, 3.63) is 77.5 Å². The lowest BCUT2D eigenvalue weighted by Crippen LogP contribution is -2.17. The van der Waals surface area contributed by atoms with Crippen molar-refractivity contribution in [2.45, 2.75) is 6.92 Å². The fourth-order valence-electron chi connectivity index (χ4n) is 2.46. The molecule has 0 saturated carbocycles. The first kappa shape index (κ1) is 18.1. The van der Waals surface area contributed by atoms with Gasteiger partial charge in [-0.15, -0.1) is 0 Å². The largest absolute Gasteiger partial charge is 0.496 e. The second-order valence-electron chi connectivity index (χ2n) is 5.85. The SMILES string of the molecule is COc1ccccc1/C=C/C=N/NC(=O)c1cc(-c2ccc(C)cc2)n[nH]1. The van der Waals surface area contributed by atoms with Crippen LogP contribution in [0, 0.1) is 6.92 Å². The summed E-state index contributed by atoms with van der Waals surface area (Å²) in [5, 5.41) is 10.8. The highest BCUT2D eigenvalue weighted by atomic mass is 16.5. The summed E-state index contributed by atoms with van der Waals surface area (Å²) in [4.78, 5) is 12.1. The van der Waals surface area contributed by atoms with Crippen LogP contribution in [0.5, 0.6) is 5.75 Å². The van der Waals surface area contributed by atoms with E-state index >= 15 is 0 Å². The lowest BCUT2D eigenvalue weighted by atomic mass is 10.1. The molecule has 27 heavy (non-hydrogen) atoms. The number of nitrogens with one attached hydrogen (secondary N) is 2. The van der Waals surface area contributed by atoms with Crippen molar-refractivity contribution in [3.63, 3.8) is 0 Å². The van der Waals surface area contributed by atoms with Crippen molar-refractivity contribution in [3.8, 4) is 17.0 Å². The van der Waals surface area contributed by atoms with E-state index in [1.807, 2.05) is 61.5 Å². The van der Waals surface area contributed by atoms with Gasteiger partial charge in [0.25, 0.3) is 5.91 Å². The fraction of sp³-hybridized carbons (Fsp3) is 0.0952. The number of allylic oxidation sites excluding steroid dienone is 1. The molecule has 0 fully saturated rings. The van der Waals surface area contributed by atoms with E-state index in [0.717, 1.165) is 16.9 Å². The smallest absolute Gasteiger partial charge is 0.289 e. The van der Waals surface area contributed by atoms with E-state index in [0.29, 0.717) is 11.4 Å². The minimum atomic E-state index is -0.359. The maximum absolute atomic E-state index is 12.1. The highest BCUT2D eigenvalue weighted by Crippen LogP contribution is 2.19. The van der Waals surface area contributed by atoms with E-state index in [2.05, 4.69) is 20.7 Å². The van der Waals surface area contributed by atoms with Crippen LogP contribution in [0.1, 0.15) is 21.6 Å². The monoisotopic (exact) mass is 360 g/mol. The van der Waals surface area contributed by atoms with E-state index in [4.69, 9.17) is 4.74 Å². The molecule has 2 N–H and O–H groups in total. The molecule has 0 aliphatic rings. The van der Waals surface area contributed by atoms with Crippen LogP contribution in [-0.4, -0.2) is 29.4 Å². The number of H-pyrrole nitrogens is 1. The molecule has 0 atom stereocenters. The molecule has 1 amide bonds. The van der Waals surface area contributed by atoms with Crippen LogP contribution < -0.4 is 10.2 Å². The summed E-state index contributed by atoms with van der Waals surface area (Å²) in [7, 11) is 1.62. The predicted molar refractivity (Wildman–Crippen MR) is 107 cm³/mol. The first-order chi connectivity index (χ1) is 13.2. The Balaban J connectivity index is 1.58. The quantitative estimate of drug-likeness (QED) is 0.518. The average Bonchev–Trinajstić information content (AvgIpc) is 3.19. The van der Waals surface area contributed by atoms with Crippen molar-refractivity contribution < 1.29 is 9.53 Å². The van der Waals surface area contributed by atoms with Gasteiger partial charge in [-0.05, 0) is 31.2 Å². The van der Waals surface area contributed by atoms with Crippen LogP contribution in [0.15, 0.2) is 65.8 Å². The number of hydrogen-bond acceptors (Lipinski definition) is 4. The number of para-hydroxylation sites is 1. The minimum absolute atomic E-state index is 0.344. The predicted octanol–water partition coefficient (Wildman–Crippen LogP) is 3.82. The van der Waals surface area contributed by atoms with Crippen molar-refractivity contribution in [2.24, 2.45) is 5.10 Å². The summed E-state index contributed by atoms with van der Waals surface area (Å²) in [5.41, 5.74) is 6.55. The number of methoxy groups -OCH3 is 1. The van der Waals surface area contributed by atoms with E-state index in [-0.39, 0.29) is 5.91 Å². The lowest BCUT2D eigenvalue weighted by Gasteiger charge is -2.02. The van der Waals surface area contributed by atoms with Gasteiger partial charge >= 0.3 is 0 Å². The van der Waals surface area contributed by atoms with Crippen LogP contribution in [0.3, 0.4) is 0 Å². The average molecular weight is 360 g/mol. The van der Waals surface area contributed by atoms with Gasteiger partial charge in [-0.2, -0.15) is 10.2 Å². The Bertz CT molecular complexity index is 972. The van der Waals surface area contributed by atoms with Gasteiger partial charge in [-0.3, -0.25) is 9.89 Å². The lowest BCUT2D eigenvalue weighted by molar-refractivity contribution is 0.0950. The maximum atomic E-state index is 12.1. The third-order valence-electron chi connectivity index (χ3n) is 3.91. The summed E-state index contributed by atoms with van der Waals surface area (Å²) in [6.07, 6.45) is 5.07. The second kappa shape index (κ2) is 8.62. The number of hydrazone groups is 1. The van der Waals surface area contributed by atoms with E-state index < -0.39 is 0 Å². The van der Waals surface area contributed by atoms with E-state index in [1.165, 1.54) is 11.8 Å². The first-order valence-electron chi connectivity index (χ1n) is 8.43. The molecule has 2 aromatic carbocycles.